The molecule has 3 N–H and O–H groups in total. The van der Waals surface area contributed by atoms with Gasteiger partial charge in [0.25, 0.3) is 11.8 Å². The first kappa shape index (κ1) is 27.3. The van der Waals surface area contributed by atoms with Crippen molar-refractivity contribution < 1.29 is 13.8 Å². The molecule has 0 fully saturated rings. The number of H-pyrrole nitrogens is 1. The molecule has 0 aliphatic rings. The minimum Gasteiger partial charge on any atom is -0.345 e. The summed E-state index contributed by atoms with van der Waals surface area (Å²) in [6.45, 7) is 0. The molecule has 196 valence electrons. The van der Waals surface area contributed by atoms with Crippen LogP contribution in [0.3, 0.4) is 0 Å². The topological polar surface area (TPSA) is 91.1 Å². The van der Waals surface area contributed by atoms with Crippen LogP contribution >= 0.6 is 0 Å². The molecule has 39 heavy (non-hydrogen) atoms. The van der Waals surface area contributed by atoms with Gasteiger partial charge in [-0.25, -0.2) is 0 Å². The lowest BCUT2D eigenvalue weighted by Gasteiger charge is -2.10. The number of amides is 2. The van der Waals surface area contributed by atoms with E-state index in [1.807, 2.05) is 121 Å². The zero-order valence-corrected chi connectivity index (χ0v) is 22.5. The summed E-state index contributed by atoms with van der Waals surface area (Å²) in [6, 6.07) is 37.8. The molecule has 0 atom stereocenters. The molecule has 7 heteroatoms. The molecule has 0 unspecified atom stereocenters. The Morgan fingerprint density at radius 3 is 1.13 bits per heavy atom. The number of rotatable bonds is 6. The summed E-state index contributed by atoms with van der Waals surface area (Å²) in [5.41, 5.74) is 4.98. The lowest BCUT2D eigenvalue weighted by atomic mass is 9.94. The van der Waals surface area contributed by atoms with Crippen LogP contribution in [0.5, 0.6) is 0 Å². The summed E-state index contributed by atoms with van der Waals surface area (Å²) in [5.74, 6) is -0.656. The molecule has 5 aromatic rings. The molecule has 2 amide bonds. The second kappa shape index (κ2) is 13.2. The van der Waals surface area contributed by atoms with Gasteiger partial charge in [-0.1, -0.05) is 97.1 Å². The molecule has 0 aliphatic heterocycles. The van der Waals surface area contributed by atoms with Gasteiger partial charge in [-0.05, 0) is 35.4 Å². The molecule has 0 aliphatic carbocycles. The van der Waals surface area contributed by atoms with Gasteiger partial charge in [0.1, 0.15) is 11.4 Å². The molecule has 1 heterocycles. The van der Waals surface area contributed by atoms with Crippen molar-refractivity contribution in [2.75, 3.05) is 23.1 Å². The first-order valence-electron chi connectivity index (χ1n) is 12.3. The number of hydrogen-bond donors (Lipinski definition) is 3. The number of para-hydroxylation sites is 2. The van der Waals surface area contributed by atoms with Gasteiger partial charge in [0, 0.05) is 45.8 Å². The summed E-state index contributed by atoms with van der Waals surface area (Å²) in [4.78, 5) is 30.2. The third-order valence-electron chi connectivity index (χ3n) is 5.64. The number of anilines is 2. The summed E-state index contributed by atoms with van der Waals surface area (Å²) in [5, 5.41) is 5.89. The van der Waals surface area contributed by atoms with Crippen LogP contribution in [0.15, 0.2) is 121 Å². The molecule has 4 aromatic carbocycles. The van der Waals surface area contributed by atoms with E-state index in [0.717, 1.165) is 11.1 Å². The van der Waals surface area contributed by atoms with Crippen molar-refractivity contribution in [3.63, 3.8) is 0 Å². The Morgan fingerprint density at radius 2 is 0.821 bits per heavy atom. The maximum Gasteiger partial charge on any atom is 0.272 e. The van der Waals surface area contributed by atoms with Gasteiger partial charge in [-0.15, -0.1) is 0 Å². The first-order valence-corrected chi connectivity index (χ1v) is 14.3. The van der Waals surface area contributed by atoms with Crippen molar-refractivity contribution in [1.82, 2.24) is 4.98 Å². The molecule has 5 rings (SSSR count). The van der Waals surface area contributed by atoms with Crippen LogP contribution < -0.4 is 10.6 Å². The van der Waals surface area contributed by atoms with E-state index in [1.54, 1.807) is 12.5 Å². The van der Waals surface area contributed by atoms with Crippen LogP contribution in [0.25, 0.3) is 22.3 Å². The highest BCUT2D eigenvalue weighted by Crippen LogP contribution is 2.38. The maximum absolute atomic E-state index is 13.5. The van der Waals surface area contributed by atoms with E-state index in [1.165, 1.54) is 0 Å². The number of hydrogen-bond acceptors (Lipinski definition) is 3. The quantitative estimate of drug-likeness (QED) is 0.222. The highest BCUT2D eigenvalue weighted by molar-refractivity contribution is 7.83. The fraction of sp³-hybridized carbons (Fsp3) is 0.0625. The number of benzene rings is 4. The number of aromatic nitrogens is 1. The van der Waals surface area contributed by atoms with Crippen LogP contribution in [-0.2, 0) is 10.8 Å². The number of aromatic amines is 1. The fourth-order valence-electron chi connectivity index (χ4n) is 4.06. The molecule has 0 spiro atoms. The highest BCUT2D eigenvalue weighted by atomic mass is 32.2. The summed E-state index contributed by atoms with van der Waals surface area (Å²) in [7, 11) is -0.611. The van der Waals surface area contributed by atoms with Gasteiger partial charge in [0.05, 0.1) is 0 Å². The van der Waals surface area contributed by atoms with E-state index < -0.39 is 10.8 Å². The summed E-state index contributed by atoms with van der Waals surface area (Å²) < 4.78 is 9.56. The van der Waals surface area contributed by atoms with E-state index in [2.05, 4.69) is 15.6 Å². The molecule has 1 aromatic heterocycles. The Bertz CT molecular complexity index is 1440. The second-order valence-corrected chi connectivity index (χ2v) is 10.2. The van der Waals surface area contributed by atoms with Crippen molar-refractivity contribution >= 4 is 34.0 Å². The zero-order chi connectivity index (χ0) is 27.6. The van der Waals surface area contributed by atoms with Gasteiger partial charge < -0.3 is 15.6 Å². The summed E-state index contributed by atoms with van der Waals surface area (Å²) >= 11 is 0. The largest absolute Gasteiger partial charge is 0.345 e. The normalized spacial score (nSPS) is 10.3. The predicted molar refractivity (Wildman–Crippen MR) is 160 cm³/mol. The van der Waals surface area contributed by atoms with Crippen LogP contribution in [0, 0.1) is 0 Å². The SMILES string of the molecule is CS(C)=O.O=C(Nc1ccccc1)c1[nH]c(C(=O)Nc2ccccc2)c(-c2ccccc2)c1-c1ccccc1. The Morgan fingerprint density at radius 1 is 0.538 bits per heavy atom. The average molecular weight is 536 g/mol. The minimum atomic E-state index is -0.611. The predicted octanol–water partition coefficient (Wildman–Crippen LogP) is 6.85. The fourth-order valence-corrected chi connectivity index (χ4v) is 4.06. The molecule has 0 saturated heterocycles. The van der Waals surface area contributed by atoms with Crippen molar-refractivity contribution in [2.45, 2.75) is 0 Å². The van der Waals surface area contributed by atoms with Gasteiger partial charge in [0.2, 0.25) is 0 Å². The Labute approximate surface area is 230 Å². The standard InChI is InChI=1S/C30H23N3O2.C2H6OS/c34-29(31-23-17-9-3-10-18-23)27-25(21-13-5-1-6-14-21)26(22-15-7-2-8-16-22)28(33-27)30(35)32-24-19-11-4-12-20-24;1-4(2)3/h1-20,33H,(H,31,34)(H,32,35);1-2H3. The third-order valence-corrected chi connectivity index (χ3v) is 5.64. The second-order valence-electron chi connectivity index (χ2n) is 8.74. The van der Waals surface area contributed by atoms with Crippen LogP contribution in [-0.4, -0.2) is 33.5 Å². The Balaban J connectivity index is 0.000000826. The maximum atomic E-state index is 13.5. The Hall–Kier alpha value is -4.75. The monoisotopic (exact) mass is 535 g/mol. The lowest BCUT2D eigenvalue weighted by molar-refractivity contribution is 0.102. The van der Waals surface area contributed by atoms with Gasteiger partial charge in [0.15, 0.2) is 0 Å². The third kappa shape index (κ3) is 7.18. The van der Waals surface area contributed by atoms with E-state index >= 15 is 0 Å². The molecular formula is C32H29N3O3S. The van der Waals surface area contributed by atoms with Crippen molar-refractivity contribution in [3.8, 4) is 22.3 Å². The molecule has 0 bridgehead atoms. The van der Waals surface area contributed by atoms with E-state index in [9.17, 15) is 13.8 Å². The van der Waals surface area contributed by atoms with Crippen LogP contribution in [0.2, 0.25) is 0 Å². The van der Waals surface area contributed by atoms with Crippen molar-refractivity contribution in [3.05, 3.63) is 133 Å². The molecule has 0 radical (unpaired) electrons. The van der Waals surface area contributed by atoms with E-state index in [-0.39, 0.29) is 11.8 Å². The summed E-state index contributed by atoms with van der Waals surface area (Å²) in [6.07, 6.45) is 3.28. The van der Waals surface area contributed by atoms with Gasteiger partial charge >= 0.3 is 0 Å². The number of carbonyl (C=O) groups is 2. The number of nitrogens with one attached hydrogen (secondary N) is 3. The van der Waals surface area contributed by atoms with E-state index in [0.29, 0.717) is 33.9 Å². The highest BCUT2D eigenvalue weighted by Gasteiger charge is 2.27. The van der Waals surface area contributed by atoms with Crippen molar-refractivity contribution in [1.29, 1.82) is 0 Å². The van der Waals surface area contributed by atoms with Gasteiger partial charge in [-0.3, -0.25) is 13.8 Å². The smallest absolute Gasteiger partial charge is 0.272 e. The van der Waals surface area contributed by atoms with E-state index in [4.69, 9.17) is 0 Å². The van der Waals surface area contributed by atoms with Crippen LogP contribution in [0.4, 0.5) is 11.4 Å². The zero-order valence-electron chi connectivity index (χ0n) is 21.7. The molecule has 6 nitrogen and oxygen atoms in total. The molecular weight excluding hydrogens is 506 g/mol. The van der Waals surface area contributed by atoms with Gasteiger partial charge in [-0.2, -0.15) is 0 Å². The first-order chi connectivity index (χ1) is 18.9. The molecule has 0 saturated carbocycles. The lowest BCUT2D eigenvalue weighted by Crippen LogP contribution is -2.15. The average Bonchev–Trinajstić information content (AvgIpc) is 3.36. The number of carbonyl (C=O) groups excluding carboxylic acids is 2. The van der Waals surface area contributed by atoms with Crippen LogP contribution in [0.1, 0.15) is 21.0 Å². The minimum absolute atomic E-state index is 0.317. The Kier molecular flexibility index (Phi) is 9.21. The van der Waals surface area contributed by atoms with Crippen molar-refractivity contribution in [2.24, 2.45) is 0 Å².